The van der Waals surface area contributed by atoms with Gasteiger partial charge >= 0.3 is 11.9 Å². The average Bonchev–Trinajstić information content (AvgIpc) is 2.90. The third kappa shape index (κ3) is 5.55. The first-order valence-electron chi connectivity index (χ1n) is 10.2. The Hall–Kier alpha value is -1.92. The highest BCUT2D eigenvalue weighted by Gasteiger charge is 2.45. The van der Waals surface area contributed by atoms with Crippen molar-refractivity contribution < 1.29 is 28.7 Å². The summed E-state index contributed by atoms with van der Waals surface area (Å²) < 4.78 is 9.93. The summed E-state index contributed by atoms with van der Waals surface area (Å²) in [6.07, 6.45) is 3.13. The van der Waals surface area contributed by atoms with Crippen molar-refractivity contribution in [2.45, 2.75) is 66.7 Å². The van der Waals surface area contributed by atoms with Crippen LogP contribution in [0.4, 0.5) is 0 Å². The molecule has 1 aliphatic carbocycles. The number of likely N-dealkylation sites (tertiary alicyclic amines) is 1. The van der Waals surface area contributed by atoms with E-state index in [1.807, 2.05) is 20.8 Å². The SMILES string of the molecule is CC(C)C(=O)OCOC(=O)C1CCC(CN2C(=O)CC(C(C)(C)C)C2=O)CC1. The average molecular weight is 395 g/mol. The highest BCUT2D eigenvalue weighted by molar-refractivity contribution is 6.03. The molecule has 0 aromatic heterocycles. The Labute approximate surface area is 167 Å². The third-order valence-corrected chi connectivity index (χ3v) is 5.78. The molecule has 1 saturated carbocycles. The quantitative estimate of drug-likeness (QED) is 0.390. The highest BCUT2D eigenvalue weighted by atomic mass is 16.7. The molecule has 1 saturated heterocycles. The summed E-state index contributed by atoms with van der Waals surface area (Å²) in [6.45, 7) is 9.49. The van der Waals surface area contributed by atoms with E-state index in [2.05, 4.69) is 0 Å². The number of imide groups is 1. The Morgan fingerprint density at radius 1 is 1.07 bits per heavy atom. The second-order valence-electron chi connectivity index (χ2n) is 9.38. The van der Waals surface area contributed by atoms with Crippen molar-refractivity contribution in [1.82, 2.24) is 4.90 Å². The topological polar surface area (TPSA) is 90.0 Å². The minimum Gasteiger partial charge on any atom is -0.428 e. The number of amides is 2. The van der Waals surface area contributed by atoms with Crippen LogP contribution in [-0.4, -0.2) is 42.0 Å². The van der Waals surface area contributed by atoms with Crippen LogP contribution >= 0.6 is 0 Å². The van der Waals surface area contributed by atoms with Gasteiger partial charge in [-0.25, -0.2) is 0 Å². The predicted octanol–water partition coefficient (Wildman–Crippen LogP) is 2.91. The van der Waals surface area contributed by atoms with Crippen molar-refractivity contribution in [2.24, 2.45) is 29.1 Å². The molecule has 7 heteroatoms. The van der Waals surface area contributed by atoms with Crippen LogP contribution in [0.1, 0.15) is 66.7 Å². The normalized spacial score (nSPS) is 25.9. The highest BCUT2D eigenvalue weighted by Crippen LogP contribution is 2.37. The number of esters is 2. The Balaban J connectivity index is 1.76. The van der Waals surface area contributed by atoms with Gasteiger partial charge in [-0.15, -0.1) is 0 Å². The van der Waals surface area contributed by atoms with Crippen molar-refractivity contribution in [3.05, 3.63) is 0 Å². The third-order valence-electron chi connectivity index (χ3n) is 5.78. The number of carbonyl (C=O) groups is 4. The molecule has 2 amide bonds. The van der Waals surface area contributed by atoms with Gasteiger partial charge in [-0.05, 0) is 37.0 Å². The lowest BCUT2D eigenvalue weighted by atomic mass is 9.79. The number of carbonyl (C=O) groups excluding carboxylic acids is 4. The minimum absolute atomic E-state index is 0.0639. The van der Waals surface area contributed by atoms with Gasteiger partial charge in [0.1, 0.15) is 0 Å². The second-order valence-corrected chi connectivity index (χ2v) is 9.38. The van der Waals surface area contributed by atoms with Gasteiger partial charge in [0.15, 0.2) is 0 Å². The molecule has 1 unspecified atom stereocenters. The summed E-state index contributed by atoms with van der Waals surface area (Å²) in [4.78, 5) is 49.8. The molecule has 0 aromatic rings. The van der Waals surface area contributed by atoms with Crippen LogP contribution in [0.25, 0.3) is 0 Å². The van der Waals surface area contributed by atoms with Gasteiger partial charge in [0.2, 0.25) is 18.6 Å². The van der Waals surface area contributed by atoms with Gasteiger partial charge in [0.25, 0.3) is 0 Å². The number of hydrogen-bond donors (Lipinski definition) is 0. The first-order chi connectivity index (χ1) is 13.0. The maximum absolute atomic E-state index is 12.6. The molecule has 158 valence electrons. The van der Waals surface area contributed by atoms with E-state index in [0.29, 0.717) is 25.8 Å². The molecule has 2 fully saturated rings. The lowest BCUT2D eigenvalue weighted by molar-refractivity contribution is -0.173. The molecule has 2 aliphatic rings. The number of ether oxygens (including phenoxy) is 2. The van der Waals surface area contributed by atoms with Crippen molar-refractivity contribution in [3.63, 3.8) is 0 Å². The molecule has 0 spiro atoms. The molecule has 0 bridgehead atoms. The largest absolute Gasteiger partial charge is 0.428 e. The van der Waals surface area contributed by atoms with E-state index < -0.39 is 5.97 Å². The van der Waals surface area contributed by atoms with Crippen LogP contribution in [0.15, 0.2) is 0 Å². The fraction of sp³-hybridized carbons (Fsp3) is 0.810. The Morgan fingerprint density at radius 2 is 1.68 bits per heavy atom. The maximum Gasteiger partial charge on any atom is 0.311 e. The number of rotatable bonds is 6. The van der Waals surface area contributed by atoms with Gasteiger partial charge in [0.05, 0.1) is 17.8 Å². The molecule has 1 atom stereocenters. The van der Waals surface area contributed by atoms with Crippen molar-refractivity contribution >= 4 is 23.8 Å². The predicted molar refractivity (Wildman–Crippen MR) is 102 cm³/mol. The molecular weight excluding hydrogens is 362 g/mol. The minimum atomic E-state index is -0.398. The summed E-state index contributed by atoms with van der Waals surface area (Å²) in [6, 6.07) is 0. The second kappa shape index (κ2) is 9.05. The van der Waals surface area contributed by atoms with E-state index >= 15 is 0 Å². The molecule has 28 heavy (non-hydrogen) atoms. The maximum atomic E-state index is 12.6. The van der Waals surface area contributed by atoms with Crippen molar-refractivity contribution in [2.75, 3.05) is 13.3 Å². The van der Waals surface area contributed by atoms with E-state index in [4.69, 9.17) is 9.47 Å². The van der Waals surface area contributed by atoms with E-state index in [1.54, 1.807) is 13.8 Å². The van der Waals surface area contributed by atoms with Crippen LogP contribution < -0.4 is 0 Å². The first kappa shape index (κ1) is 22.4. The molecule has 2 rings (SSSR count). The van der Waals surface area contributed by atoms with Crippen LogP contribution in [0.5, 0.6) is 0 Å². The van der Waals surface area contributed by atoms with Crippen LogP contribution in [-0.2, 0) is 28.7 Å². The van der Waals surface area contributed by atoms with E-state index in [1.165, 1.54) is 4.90 Å². The summed E-state index contributed by atoms with van der Waals surface area (Å²) >= 11 is 0. The van der Waals surface area contributed by atoms with Gasteiger partial charge in [-0.3, -0.25) is 24.1 Å². The number of nitrogens with zero attached hydrogens (tertiary/aromatic N) is 1. The fourth-order valence-electron chi connectivity index (χ4n) is 3.82. The summed E-state index contributed by atoms with van der Waals surface area (Å²) in [5, 5.41) is 0. The van der Waals surface area contributed by atoms with Gasteiger partial charge in [0, 0.05) is 13.0 Å². The molecule has 0 aromatic carbocycles. The Morgan fingerprint density at radius 3 is 2.18 bits per heavy atom. The smallest absolute Gasteiger partial charge is 0.311 e. The van der Waals surface area contributed by atoms with Crippen molar-refractivity contribution in [1.29, 1.82) is 0 Å². The number of hydrogen-bond acceptors (Lipinski definition) is 6. The van der Waals surface area contributed by atoms with E-state index in [9.17, 15) is 19.2 Å². The standard InChI is InChI=1S/C21H33NO6/c1-13(2)19(25)27-12-28-20(26)15-8-6-14(7-9-15)11-22-17(23)10-16(18(22)24)21(3,4)5/h13-16H,6-12H2,1-5H3. The zero-order chi connectivity index (χ0) is 21.1. The van der Waals surface area contributed by atoms with Gasteiger partial charge < -0.3 is 9.47 Å². The molecule has 1 aliphatic heterocycles. The van der Waals surface area contributed by atoms with E-state index in [0.717, 1.165) is 12.8 Å². The van der Waals surface area contributed by atoms with Crippen LogP contribution in [0.3, 0.4) is 0 Å². The zero-order valence-electron chi connectivity index (χ0n) is 17.7. The molecule has 1 heterocycles. The first-order valence-corrected chi connectivity index (χ1v) is 10.2. The summed E-state index contributed by atoms with van der Waals surface area (Å²) in [7, 11) is 0. The zero-order valence-corrected chi connectivity index (χ0v) is 17.7. The molecular formula is C21H33NO6. The van der Waals surface area contributed by atoms with E-state index in [-0.39, 0.29) is 53.7 Å². The Bertz CT molecular complexity index is 613. The van der Waals surface area contributed by atoms with Crippen molar-refractivity contribution in [3.8, 4) is 0 Å². The van der Waals surface area contributed by atoms with Gasteiger partial charge in [-0.1, -0.05) is 34.6 Å². The van der Waals surface area contributed by atoms with Gasteiger partial charge in [-0.2, -0.15) is 0 Å². The lowest BCUT2D eigenvalue weighted by Crippen LogP contribution is -2.38. The fourth-order valence-corrected chi connectivity index (χ4v) is 3.82. The summed E-state index contributed by atoms with van der Waals surface area (Å²) in [5.41, 5.74) is -0.220. The molecule has 7 nitrogen and oxygen atoms in total. The molecule has 0 radical (unpaired) electrons. The summed E-state index contributed by atoms with van der Waals surface area (Å²) in [5.74, 6) is -1.41. The van der Waals surface area contributed by atoms with Crippen LogP contribution in [0.2, 0.25) is 0 Å². The monoisotopic (exact) mass is 395 g/mol. The van der Waals surface area contributed by atoms with Crippen LogP contribution in [0, 0.1) is 29.1 Å². The lowest BCUT2D eigenvalue weighted by Gasteiger charge is -2.30. The molecule has 0 N–H and O–H groups in total. The Kier molecular flexibility index (Phi) is 7.23.